The summed E-state index contributed by atoms with van der Waals surface area (Å²) in [4.78, 5) is 12.3. The maximum atomic E-state index is 12.4. The number of hydrogen-bond donors (Lipinski definition) is 29. The molecule has 0 spiro atoms. The number of carbonyl (C=O) groups excluding carboxylic acids is 1. The number of aliphatic hydroxyl groups excluding tert-OH is 28. The van der Waals surface area contributed by atoms with Crippen LogP contribution in [0.1, 0.15) is 6.92 Å². The average molecular weight is 1520 g/mol. The Morgan fingerprint density at radius 3 is 0.883 bits per heavy atom. The highest BCUT2D eigenvalue weighted by molar-refractivity contribution is 5.73. The minimum absolute atomic E-state index is 0.855. The van der Waals surface area contributed by atoms with E-state index in [1.54, 1.807) is 0 Å². The van der Waals surface area contributed by atoms with Gasteiger partial charge in [0.05, 0.1) is 59.5 Å². The van der Waals surface area contributed by atoms with Crippen molar-refractivity contribution >= 4 is 5.91 Å². The molecule has 600 valence electrons. The van der Waals surface area contributed by atoms with Gasteiger partial charge in [0.1, 0.15) is 220 Å². The zero-order chi connectivity index (χ0) is 75.6. The molecule has 1 unspecified atom stereocenters. The lowest BCUT2D eigenvalue weighted by molar-refractivity contribution is -0.407. The molecule has 103 heavy (non-hydrogen) atoms. The van der Waals surface area contributed by atoms with Gasteiger partial charge in [0, 0.05) is 6.92 Å². The average Bonchev–Trinajstić information content (AvgIpc) is 0.772. The quantitative estimate of drug-likeness (QED) is 0.0382. The van der Waals surface area contributed by atoms with Gasteiger partial charge in [-0.05, 0) is 0 Å². The normalized spacial score (nSPS) is 52.4. The minimum Gasteiger partial charge on any atom is -0.394 e. The van der Waals surface area contributed by atoms with Crippen LogP contribution in [0.15, 0.2) is 0 Å². The molecule has 9 rings (SSSR count). The number of amides is 1. The van der Waals surface area contributed by atoms with Crippen LogP contribution in [0.2, 0.25) is 0 Å². The molecule has 47 heteroatoms. The third kappa shape index (κ3) is 18.0. The van der Waals surface area contributed by atoms with Crippen LogP contribution in [-0.2, 0) is 85.3 Å². The maximum Gasteiger partial charge on any atom is 0.217 e. The van der Waals surface area contributed by atoms with E-state index in [0.29, 0.717) is 0 Å². The van der Waals surface area contributed by atoms with Gasteiger partial charge < -0.3 is 229 Å². The largest absolute Gasteiger partial charge is 0.394 e. The number of nitrogens with one attached hydrogen (secondary N) is 1. The molecule has 9 aliphatic heterocycles. The van der Waals surface area contributed by atoms with Crippen molar-refractivity contribution in [3.8, 4) is 0 Å². The molecule has 0 aromatic heterocycles. The first-order valence-electron chi connectivity index (χ1n) is 32.7. The van der Waals surface area contributed by atoms with Crippen LogP contribution >= 0.6 is 0 Å². The zero-order valence-electron chi connectivity index (χ0n) is 54.2. The molecule has 0 aromatic carbocycles. The van der Waals surface area contributed by atoms with E-state index in [-0.39, 0.29) is 0 Å². The Morgan fingerprint density at radius 2 is 0.515 bits per heavy atom. The molecular formula is C56H95NO46. The van der Waals surface area contributed by atoms with Gasteiger partial charge in [-0.3, -0.25) is 4.79 Å². The molecule has 9 saturated heterocycles. The molecule has 0 aliphatic carbocycles. The molecule has 9 heterocycles. The maximum absolute atomic E-state index is 12.4. The number of aliphatic hydroxyl groups is 28. The van der Waals surface area contributed by atoms with E-state index in [1.807, 2.05) is 0 Å². The summed E-state index contributed by atoms with van der Waals surface area (Å²) in [5, 5.41) is 308. The second-order valence-electron chi connectivity index (χ2n) is 26.0. The monoisotopic (exact) mass is 1520 g/mol. The van der Waals surface area contributed by atoms with Crippen LogP contribution in [0, 0.1) is 0 Å². The van der Waals surface area contributed by atoms with Crippen LogP contribution in [0.25, 0.3) is 0 Å². The van der Waals surface area contributed by atoms with Crippen LogP contribution in [-0.4, -0.2) is 485 Å². The Morgan fingerprint density at radius 1 is 0.252 bits per heavy atom. The van der Waals surface area contributed by atoms with Crippen molar-refractivity contribution in [2.75, 3.05) is 59.5 Å². The highest BCUT2D eigenvalue weighted by Gasteiger charge is 2.60. The Bertz CT molecular complexity index is 2580. The topological polar surface area (TPSA) is 752 Å². The third-order valence-electron chi connectivity index (χ3n) is 19.1. The summed E-state index contributed by atoms with van der Waals surface area (Å²) >= 11 is 0. The van der Waals surface area contributed by atoms with E-state index in [4.69, 9.17) is 80.5 Å². The minimum atomic E-state index is -2.52. The van der Waals surface area contributed by atoms with Crippen LogP contribution < -0.4 is 5.32 Å². The molecule has 1 amide bonds. The molecule has 29 N–H and O–H groups in total. The van der Waals surface area contributed by atoms with Gasteiger partial charge in [0.15, 0.2) is 56.6 Å². The van der Waals surface area contributed by atoms with E-state index in [2.05, 4.69) is 5.32 Å². The fraction of sp³-hybridized carbons (Fsp3) is 0.982. The van der Waals surface area contributed by atoms with Crippen molar-refractivity contribution in [1.82, 2.24) is 5.32 Å². The van der Waals surface area contributed by atoms with Gasteiger partial charge >= 0.3 is 0 Å². The van der Waals surface area contributed by atoms with Crippen molar-refractivity contribution in [3.05, 3.63) is 0 Å². The second-order valence-corrected chi connectivity index (χ2v) is 26.0. The standard InChI is InChI=1S/C56H95NO46/c1-11(65)57-21-30(74)42(18(8-64)89-48(21)86)98-53-41(85)44(100-55-47(36(80)27(71)16(6-62)94-55)103-56-46(35(79)26(70)17(7-63)95-56)102-52-39(83)33(77)24(68)14(4-60)92-52)29(73)20(97-53)9-87-49-40(84)43(99-50-37(81)31(75)22(66)12(2-58)90-50)28(72)19(96-49)10-88-54-45(34(78)25(69)15(5-61)93-54)101-51-38(82)32(76)23(67)13(3-59)91-51/h12-56,58-64,66-86H,2-10H2,1H3,(H,57,65)/t12-,13-,14-,15-,16-,17-,18-,19-,20-,21-,22-,23-,24-,25-,26-,27-,28-,29-,30-,31+,32+,33+,34+,35+,36+,37+,38+,39+,40+,41+,42-,43+,44+,45+,46+,47+,48?,49+,50-,51-,52-,53+,54+,55-,56-/m1/s1. The molecule has 45 atom stereocenters. The van der Waals surface area contributed by atoms with Gasteiger partial charge in [-0.2, -0.15) is 0 Å². The molecule has 0 saturated carbocycles. The fourth-order valence-electron chi connectivity index (χ4n) is 13.1. The number of ether oxygens (including phenoxy) is 17. The van der Waals surface area contributed by atoms with E-state index in [0.717, 1.165) is 6.92 Å². The summed E-state index contributed by atoms with van der Waals surface area (Å²) in [5.74, 6) is -0.855. The summed E-state index contributed by atoms with van der Waals surface area (Å²) in [7, 11) is 0. The van der Waals surface area contributed by atoms with Crippen molar-refractivity contribution in [2.45, 2.75) is 283 Å². The van der Waals surface area contributed by atoms with Crippen LogP contribution in [0.4, 0.5) is 0 Å². The lowest BCUT2D eigenvalue weighted by Crippen LogP contribution is -2.69. The lowest BCUT2D eigenvalue weighted by Gasteiger charge is -2.50. The summed E-state index contributed by atoms with van der Waals surface area (Å²) in [5.41, 5.74) is 0. The first-order valence-corrected chi connectivity index (χ1v) is 32.7. The van der Waals surface area contributed by atoms with Crippen molar-refractivity contribution in [1.29, 1.82) is 0 Å². The van der Waals surface area contributed by atoms with Crippen LogP contribution in [0.3, 0.4) is 0 Å². The summed E-state index contributed by atoms with van der Waals surface area (Å²) in [6.07, 6.45) is -93.2. The molecule has 0 aromatic rings. The second kappa shape index (κ2) is 36.7. The first kappa shape index (κ1) is 84.7. The first-order chi connectivity index (χ1) is 48.8. The molecule has 9 aliphatic rings. The van der Waals surface area contributed by atoms with Gasteiger partial charge in [-0.15, -0.1) is 0 Å². The number of rotatable bonds is 26. The summed E-state index contributed by atoms with van der Waals surface area (Å²) < 4.78 is 98.3. The predicted octanol–water partition coefficient (Wildman–Crippen LogP) is -20.5. The molecule has 0 radical (unpaired) electrons. The Hall–Kier alpha value is -2.33. The molecular weight excluding hydrogens is 1420 g/mol. The number of hydrogen-bond acceptors (Lipinski definition) is 46. The highest BCUT2D eigenvalue weighted by Crippen LogP contribution is 2.39. The summed E-state index contributed by atoms with van der Waals surface area (Å²) in [6, 6.07) is -1.77. The zero-order valence-corrected chi connectivity index (χ0v) is 54.2. The van der Waals surface area contributed by atoms with E-state index in [1.165, 1.54) is 0 Å². The van der Waals surface area contributed by atoms with Crippen molar-refractivity contribution in [2.24, 2.45) is 0 Å². The number of carbonyl (C=O) groups is 1. The van der Waals surface area contributed by atoms with E-state index in [9.17, 15) is 148 Å². The SMILES string of the molecule is CC(=O)N[C@H]1C(O)O[C@H](CO)[C@@H](O[C@@H]2O[C@H](CO[C@H]3O[C@H](CO[C@H]4O[C@H](CO)[C@@H](O)[C@H](O)[C@@H]4O[C@H]4O[C@H](CO)[C@@H](O)[C@H](O)[C@@H]4O)[C@@H](O)[C@H](O[C@H]4O[C@H](CO)[C@@H](O)[C@H](O)[C@@H]4O)[C@@H]3O)[C@@H](O)[C@H](O[C@H]3O[C@H](CO)[C@@H](O)[C@H](O)[C@@H]3O[C@H]3O[C@H](CO)[C@@H](O)[C@H](O)[C@@H]3O[C@H]3O[C@H](CO)[C@@H](O)[C@H](O)[C@@H]3O)[C@@H]2O)[C@@H]1O. The highest BCUT2D eigenvalue weighted by atomic mass is 16.8. The van der Waals surface area contributed by atoms with Gasteiger partial charge in [-0.1, -0.05) is 0 Å². The van der Waals surface area contributed by atoms with Crippen molar-refractivity contribution in [3.63, 3.8) is 0 Å². The smallest absolute Gasteiger partial charge is 0.217 e. The van der Waals surface area contributed by atoms with E-state index < -0.39 is 342 Å². The molecule has 9 fully saturated rings. The van der Waals surface area contributed by atoms with E-state index >= 15 is 0 Å². The Balaban J connectivity index is 1.04. The Labute approximate surface area is 581 Å². The summed E-state index contributed by atoms with van der Waals surface area (Å²) in [6.45, 7) is -8.74. The van der Waals surface area contributed by atoms with Gasteiger partial charge in [0.25, 0.3) is 0 Å². The predicted molar refractivity (Wildman–Crippen MR) is 309 cm³/mol. The fourth-order valence-corrected chi connectivity index (χ4v) is 13.1. The van der Waals surface area contributed by atoms with Gasteiger partial charge in [0.2, 0.25) is 5.91 Å². The molecule has 47 nitrogen and oxygen atoms in total. The third-order valence-corrected chi connectivity index (χ3v) is 19.1. The lowest BCUT2D eigenvalue weighted by atomic mass is 9.94. The van der Waals surface area contributed by atoms with Crippen LogP contribution in [0.5, 0.6) is 0 Å². The Kier molecular flexibility index (Phi) is 30.2. The molecule has 0 bridgehead atoms. The van der Waals surface area contributed by atoms with Crippen molar-refractivity contribution < 1.29 is 228 Å². The van der Waals surface area contributed by atoms with Gasteiger partial charge in [-0.25, -0.2) is 0 Å².